The van der Waals surface area contributed by atoms with Gasteiger partial charge in [0, 0.05) is 11.6 Å². The number of aryl methyl sites for hydroxylation is 1. The molecule has 92 valence electrons. The predicted octanol–water partition coefficient (Wildman–Crippen LogP) is 1.95. The van der Waals surface area contributed by atoms with Crippen molar-refractivity contribution in [3.05, 3.63) is 28.5 Å². The Hall–Kier alpha value is -1.20. The van der Waals surface area contributed by atoms with Crippen LogP contribution >= 0.6 is 11.3 Å². The van der Waals surface area contributed by atoms with Crippen LogP contribution in [0.3, 0.4) is 0 Å². The second-order valence-electron chi connectivity index (χ2n) is 3.84. The van der Waals surface area contributed by atoms with Crippen LogP contribution in [0.5, 0.6) is 0 Å². The van der Waals surface area contributed by atoms with Gasteiger partial charge in [-0.05, 0) is 31.4 Å². The van der Waals surface area contributed by atoms with Gasteiger partial charge in [-0.25, -0.2) is 9.67 Å². The van der Waals surface area contributed by atoms with Crippen LogP contribution in [-0.2, 0) is 19.3 Å². The van der Waals surface area contributed by atoms with Gasteiger partial charge in [-0.15, -0.1) is 11.3 Å². The highest BCUT2D eigenvalue weighted by Gasteiger charge is 2.16. The molecule has 0 saturated carbocycles. The first-order valence-corrected chi connectivity index (χ1v) is 6.89. The lowest BCUT2D eigenvalue weighted by Crippen LogP contribution is -2.07. The maximum Gasteiger partial charge on any atom is 0.210 e. The fourth-order valence-electron chi connectivity index (χ4n) is 2.09. The van der Waals surface area contributed by atoms with E-state index in [1.165, 1.54) is 11.3 Å². The fourth-order valence-corrected chi connectivity index (χ4v) is 2.71. The number of nitrogens with two attached hydrogens (primary N) is 1. The van der Waals surface area contributed by atoms with Gasteiger partial charge in [0.05, 0.1) is 11.4 Å². The summed E-state index contributed by atoms with van der Waals surface area (Å²) in [6, 6.07) is 0. The van der Waals surface area contributed by atoms with E-state index in [4.69, 9.17) is 5.73 Å². The zero-order valence-corrected chi connectivity index (χ0v) is 11.1. The third kappa shape index (κ3) is 2.25. The van der Waals surface area contributed by atoms with E-state index in [2.05, 4.69) is 23.9 Å². The van der Waals surface area contributed by atoms with Crippen molar-refractivity contribution in [1.29, 1.82) is 0 Å². The standard InChI is InChI=1S/C12H18N4S/c1-3-10-9(5-6-13)11(4-2)16(15-10)12-14-7-8-17-12/h7-8H,3-6,13H2,1-2H3. The average Bonchev–Trinajstić information content (AvgIpc) is 2.95. The Kier molecular flexibility index (Phi) is 3.91. The van der Waals surface area contributed by atoms with E-state index in [9.17, 15) is 0 Å². The molecule has 2 aromatic heterocycles. The van der Waals surface area contributed by atoms with E-state index in [1.54, 1.807) is 11.3 Å². The van der Waals surface area contributed by atoms with Crippen molar-refractivity contribution >= 4 is 11.3 Å². The normalized spacial score (nSPS) is 11.0. The summed E-state index contributed by atoms with van der Waals surface area (Å²) in [7, 11) is 0. The van der Waals surface area contributed by atoms with Crippen molar-refractivity contribution in [1.82, 2.24) is 14.8 Å². The minimum atomic E-state index is 0.670. The lowest BCUT2D eigenvalue weighted by Gasteiger charge is -2.04. The van der Waals surface area contributed by atoms with Crippen LogP contribution in [0.4, 0.5) is 0 Å². The SMILES string of the molecule is CCc1nn(-c2nccs2)c(CC)c1CCN. The minimum Gasteiger partial charge on any atom is -0.330 e. The van der Waals surface area contributed by atoms with Crippen molar-refractivity contribution in [2.75, 3.05) is 6.54 Å². The second kappa shape index (κ2) is 5.42. The van der Waals surface area contributed by atoms with Crippen LogP contribution in [0.1, 0.15) is 30.8 Å². The Morgan fingerprint density at radius 3 is 2.71 bits per heavy atom. The van der Waals surface area contributed by atoms with E-state index in [-0.39, 0.29) is 0 Å². The van der Waals surface area contributed by atoms with Gasteiger partial charge in [0.15, 0.2) is 0 Å². The summed E-state index contributed by atoms with van der Waals surface area (Å²) < 4.78 is 1.98. The number of thiazole rings is 1. The van der Waals surface area contributed by atoms with Gasteiger partial charge < -0.3 is 5.73 Å². The third-order valence-corrected chi connectivity index (χ3v) is 3.58. The van der Waals surface area contributed by atoms with Gasteiger partial charge in [-0.2, -0.15) is 5.10 Å². The van der Waals surface area contributed by atoms with Crippen LogP contribution in [0.15, 0.2) is 11.6 Å². The van der Waals surface area contributed by atoms with Gasteiger partial charge >= 0.3 is 0 Å². The van der Waals surface area contributed by atoms with Crippen LogP contribution in [0.2, 0.25) is 0 Å². The topological polar surface area (TPSA) is 56.7 Å². The summed E-state index contributed by atoms with van der Waals surface area (Å²) in [5.41, 5.74) is 9.41. The lowest BCUT2D eigenvalue weighted by atomic mass is 10.1. The summed E-state index contributed by atoms with van der Waals surface area (Å²) in [4.78, 5) is 4.33. The molecule has 5 heteroatoms. The van der Waals surface area contributed by atoms with Crippen molar-refractivity contribution in [3.8, 4) is 5.13 Å². The van der Waals surface area contributed by atoms with E-state index < -0.39 is 0 Å². The third-order valence-electron chi connectivity index (χ3n) is 2.84. The molecule has 0 amide bonds. The van der Waals surface area contributed by atoms with Gasteiger partial charge in [-0.3, -0.25) is 0 Å². The Morgan fingerprint density at radius 1 is 1.35 bits per heavy atom. The summed E-state index contributed by atoms with van der Waals surface area (Å²) in [5, 5.41) is 7.59. The molecule has 0 unspecified atom stereocenters. The molecule has 0 aliphatic carbocycles. The van der Waals surface area contributed by atoms with Crippen LogP contribution in [-0.4, -0.2) is 21.3 Å². The number of nitrogens with zero attached hydrogens (tertiary/aromatic N) is 3. The molecule has 4 nitrogen and oxygen atoms in total. The summed E-state index contributed by atoms with van der Waals surface area (Å²) >= 11 is 1.61. The first kappa shape index (κ1) is 12.3. The maximum absolute atomic E-state index is 5.69. The molecule has 0 atom stereocenters. The minimum absolute atomic E-state index is 0.670. The lowest BCUT2D eigenvalue weighted by molar-refractivity contribution is 0.786. The molecule has 0 spiro atoms. The number of hydrogen-bond donors (Lipinski definition) is 1. The van der Waals surface area contributed by atoms with E-state index in [0.717, 1.165) is 30.1 Å². The highest BCUT2D eigenvalue weighted by molar-refractivity contribution is 7.12. The Bertz CT molecular complexity index is 473. The number of aromatic nitrogens is 3. The van der Waals surface area contributed by atoms with Crippen molar-refractivity contribution in [2.45, 2.75) is 33.1 Å². The predicted molar refractivity (Wildman–Crippen MR) is 70.8 cm³/mol. The highest BCUT2D eigenvalue weighted by atomic mass is 32.1. The largest absolute Gasteiger partial charge is 0.330 e. The Labute approximate surface area is 105 Å². The molecule has 0 radical (unpaired) electrons. The fraction of sp³-hybridized carbons (Fsp3) is 0.500. The van der Waals surface area contributed by atoms with Gasteiger partial charge in [0.2, 0.25) is 5.13 Å². The number of rotatable bonds is 5. The molecular formula is C12H18N4S. The monoisotopic (exact) mass is 250 g/mol. The molecule has 2 heterocycles. The molecule has 0 aliphatic heterocycles. The molecule has 17 heavy (non-hydrogen) atoms. The summed E-state index contributed by atoms with van der Waals surface area (Å²) in [6.07, 6.45) is 4.62. The van der Waals surface area contributed by atoms with Crippen molar-refractivity contribution in [3.63, 3.8) is 0 Å². The molecule has 2 N–H and O–H groups in total. The van der Waals surface area contributed by atoms with E-state index in [1.807, 2.05) is 16.3 Å². The second-order valence-corrected chi connectivity index (χ2v) is 4.72. The van der Waals surface area contributed by atoms with Crippen LogP contribution in [0.25, 0.3) is 5.13 Å². The molecule has 0 aromatic carbocycles. The van der Waals surface area contributed by atoms with Crippen molar-refractivity contribution in [2.24, 2.45) is 5.73 Å². The van der Waals surface area contributed by atoms with Gasteiger partial charge in [0.25, 0.3) is 0 Å². The van der Waals surface area contributed by atoms with Crippen LogP contribution < -0.4 is 5.73 Å². The molecule has 0 saturated heterocycles. The Morgan fingerprint density at radius 2 is 2.18 bits per heavy atom. The van der Waals surface area contributed by atoms with Crippen molar-refractivity contribution < 1.29 is 0 Å². The molecule has 0 bridgehead atoms. The van der Waals surface area contributed by atoms with E-state index >= 15 is 0 Å². The molecule has 0 aliphatic rings. The molecule has 2 aromatic rings. The first-order valence-electron chi connectivity index (χ1n) is 6.01. The Balaban J connectivity index is 2.52. The smallest absolute Gasteiger partial charge is 0.210 e. The highest BCUT2D eigenvalue weighted by Crippen LogP contribution is 2.21. The van der Waals surface area contributed by atoms with E-state index in [0.29, 0.717) is 6.54 Å². The summed E-state index contributed by atoms with van der Waals surface area (Å²) in [5.74, 6) is 0. The molecule has 2 rings (SSSR count). The molecule has 0 fully saturated rings. The maximum atomic E-state index is 5.69. The average molecular weight is 250 g/mol. The van der Waals surface area contributed by atoms with Crippen LogP contribution in [0, 0.1) is 0 Å². The zero-order chi connectivity index (χ0) is 12.3. The first-order chi connectivity index (χ1) is 8.31. The quantitative estimate of drug-likeness (QED) is 0.882. The molecular weight excluding hydrogens is 232 g/mol. The van der Waals surface area contributed by atoms with Gasteiger partial charge in [0.1, 0.15) is 0 Å². The number of hydrogen-bond acceptors (Lipinski definition) is 4. The van der Waals surface area contributed by atoms with Gasteiger partial charge in [-0.1, -0.05) is 13.8 Å². The zero-order valence-electron chi connectivity index (χ0n) is 10.3. The summed E-state index contributed by atoms with van der Waals surface area (Å²) in [6.45, 7) is 4.96.